The summed E-state index contributed by atoms with van der Waals surface area (Å²) in [5.74, 6) is -0.299. The Morgan fingerprint density at radius 3 is 2.32 bits per heavy atom. The molecule has 5 nitrogen and oxygen atoms in total. The van der Waals surface area contributed by atoms with Gasteiger partial charge in [0.25, 0.3) is 0 Å². The highest BCUT2D eigenvalue weighted by Crippen LogP contribution is 2.26. The second kappa shape index (κ2) is 9.24. The van der Waals surface area contributed by atoms with Crippen LogP contribution in [-0.4, -0.2) is 32.7 Å². The van der Waals surface area contributed by atoms with E-state index in [9.17, 15) is 13.2 Å². The van der Waals surface area contributed by atoms with Gasteiger partial charge in [0, 0.05) is 6.04 Å². The fourth-order valence-corrected chi connectivity index (χ4v) is 4.43. The maximum absolute atomic E-state index is 12.8. The van der Waals surface area contributed by atoms with E-state index in [1.165, 1.54) is 9.87 Å². The molecule has 0 spiro atoms. The van der Waals surface area contributed by atoms with Gasteiger partial charge in [-0.1, -0.05) is 42.5 Å². The van der Waals surface area contributed by atoms with Crippen LogP contribution in [0, 0.1) is 13.8 Å². The van der Waals surface area contributed by atoms with Crippen molar-refractivity contribution in [3.05, 3.63) is 65.2 Å². The molecule has 2 aromatic rings. The van der Waals surface area contributed by atoms with Gasteiger partial charge in [-0.25, -0.2) is 8.42 Å². The van der Waals surface area contributed by atoms with Gasteiger partial charge in [0.15, 0.2) is 0 Å². The van der Waals surface area contributed by atoms with Crippen LogP contribution in [0.5, 0.6) is 0 Å². The summed E-state index contributed by atoms with van der Waals surface area (Å²) in [6.07, 6.45) is 2.77. The van der Waals surface area contributed by atoms with Crippen molar-refractivity contribution in [1.82, 2.24) is 5.32 Å². The fourth-order valence-electron chi connectivity index (χ4n) is 3.20. The van der Waals surface area contributed by atoms with Crippen LogP contribution in [0.2, 0.25) is 0 Å². The second-order valence-electron chi connectivity index (χ2n) is 7.46. The smallest absolute Gasteiger partial charge is 0.243 e. The molecule has 0 aliphatic rings. The third-order valence-corrected chi connectivity index (χ3v) is 6.02. The summed E-state index contributed by atoms with van der Waals surface area (Å²) >= 11 is 0. The maximum atomic E-state index is 12.8. The fraction of sp³-hybridized carbons (Fsp3) is 0.409. The number of nitrogens with one attached hydrogen (secondary N) is 1. The highest BCUT2D eigenvalue weighted by Gasteiger charge is 2.30. The molecule has 0 bridgehead atoms. The third-order valence-electron chi connectivity index (χ3n) is 4.79. The van der Waals surface area contributed by atoms with E-state index in [0.29, 0.717) is 5.69 Å². The normalized spacial score (nSPS) is 13.6. The standard InChI is InChI=1S/C22H30N2O3S/c1-16-11-12-17(2)21(15-16)24(28(5,26)27)19(4)22(25)23-18(3)13-14-20-9-7-6-8-10-20/h6-12,15,18-19H,13-14H2,1-5H3,(H,23,25)/t18-,19-/m0/s1. The van der Waals surface area contributed by atoms with Crippen molar-refractivity contribution in [2.24, 2.45) is 0 Å². The van der Waals surface area contributed by atoms with Crippen molar-refractivity contribution in [2.45, 2.75) is 52.6 Å². The molecular formula is C22H30N2O3S. The molecule has 0 saturated heterocycles. The van der Waals surface area contributed by atoms with Gasteiger partial charge in [-0.05, 0) is 63.3 Å². The summed E-state index contributed by atoms with van der Waals surface area (Å²) in [5, 5.41) is 2.96. The first-order valence-electron chi connectivity index (χ1n) is 9.50. The molecule has 0 saturated carbocycles. The number of hydrogen-bond acceptors (Lipinski definition) is 3. The molecule has 0 radical (unpaired) electrons. The molecule has 0 aromatic heterocycles. The third kappa shape index (κ3) is 5.83. The van der Waals surface area contributed by atoms with Gasteiger partial charge in [0.2, 0.25) is 15.9 Å². The molecule has 0 heterocycles. The lowest BCUT2D eigenvalue weighted by Gasteiger charge is -2.30. The minimum absolute atomic E-state index is 0.0600. The number of carbonyl (C=O) groups is 1. The number of hydrogen-bond donors (Lipinski definition) is 1. The molecule has 0 unspecified atom stereocenters. The molecule has 1 amide bonds. The minimum Gasteiger partial charge on any atom is -0.352 e. The zero-order valence-electron chi connectivity index (χ0n) is 17.3. The van der Waals surface area contributed by atoms with Crippen molar-refractivity contribution in [2.75, 3.05) is 10.6 Å². The van der Waals surface area contributed by atoms with E-state index < -0.39 is 16.1 Å². The van der Waals surface area contributed by atoms with E-state index >= 15 is 0 Å². The maximum Gasteiger partial charge on any atom is 0.243 e. The number of aryl methyl sites for hydroxylation is 3. The summed E-state index contributed by atoms with van der Waals surface area (Å²) in [5.41, 5.74) is 3.51. The highest BCUT2D eigenvalue weighted by molar-refractivity contribution is 7.92. The average molecular weight is 403 g/mol. The SMILES string of the molecule is Cc1ccc(C)c(N([C@@H](C)C(=O)N[C@@H](C)CCc2ccccc2)S(C)(=O)=O)c1. The molecule has 0 aliphatic carbocycles. The number of anilines is 1. The average Bonchev–Trinajstić information content (AvgIpc) is 2.62. The molecule has 1 N–H and O–H groups in total. The Morgan fingerprint density at radius 1 is 1.07 bits per heavy atom. The van der Waals surface area contributed by atoms with Gasteiger partial charge in [-0.15, -0.1) is 0 Å². The van der Waals surface area contributed by atoms with Gasteiger partial charge in [-0.2, -0.15) is 0 Å². The quantitative estimate of drug-likeness (QED) is 0.734. The number of sulfonamides is 1. The molecule has 2 rings (SSSR count). The van der Waals surface area contributed by atoms with Crippen LogP contribution in [0.15, 0.2) is 48.5 Å². The van der Waals surface area contributed by atoms with Crippen LogP contribution in [-0.2, 0) is 21.2 Å². The van der Waals surface area contributed by atoms with E-state index in [1.54, 1.807) is 13.0 Å². The van der Waals surface area contributed by atoms with E-state index in [4.69, 9.17) is 0 Å². The topological polar surface area (TPSA) is 66.5 Å². The lowest BCUT2D eigenvalue weighted by atomic mass is 10.1. The molecule has 2 atom stereocenters. The first kappa shape index (κ1) is 22.0. The predicted octanol–water partition coefficient (Wildman–Crippen LogP) is 3.60. The Labute approximate surface area is 168 Å². The predicted molar refractivity (Wildman–Crippen MR) is 115 cm³/mol. The zero-order valence-corrected chi connectivity index (χ0v) is 18.1. The van der Waals surface area contributed by atoms with Crippen molar-refractivity contribution in [3.63, 3.8) is 0 Å². The van der Waals surface area contributed by atoms with E-state index in [0.717, 1.165) is 30.2 Å². The molecule has 0 aliphatic heterocycles. The number of rotatable bonds is 8. The van der Waals surface area contributed by atoms with Gasteiger partial charge < -0.3 is 5.32 Å². The molecule has 152 valence electrons. The lowest BCUT2D eigenvalue weighted by molar-refractivity contribution is -0.122. The lowest BCUT2D eigenvalue weighted by Crippen LogP contribution is -2.50. The van der Waals surface area contributed by atoms with Gasteiger partial charge >= 0.3 is 0 Å². The van der Waals surface area contributed by atoms with Crippen LogP contribution in [0.25, 0.3) is 0 Å². The summed E-state index contributed by atoms with van der Waals surface area (Å²) in [6.45, 7) is 7.32. The van der Waals surface area contributed by atoms with Gasteiger partial charge in [-0.3, -0.25) is 9.10 Å². The molecule has 6 heteroatoms. The summed E-state index contributed by atoms with van der Waals surface area (Å²) < 4.78 is 26.2. The Bertz CT molecular complexity index is 911. The van der Waals surface area contributed by atoms with Crippen LogP contribution in [0.3, 0.4) is 0 Å². The van der Waals surface area contributed by atoms with Crippen molar-refractivity contribution >= 4 is 21.6 Å². The van der Waals surface area contributed by atoms with Crippen molar-refractivity contribution in [3.8, 4) is 0 Å². The van der Waals surface area contributed by atoms with Crippen molar-refractivity contribution < 1.29 is 13.2 Å². The van der Waals surface area contributed by atoms with Crippen LogP contribution < -0.4 is 9.62 Å². The van der Waals surface area contributed by atoms with Crippen LogP contribution in [0.1, 0.15) is 37.0 Å². The number of nitrogens with zero attached hydrogens (tertiary/aromatic N) is 1. The Balaban J connectivity index is 2.12. The highest BCUT2D eigenvalue weighted by atomic mass is 32.2. The second-order valence-corrected chi connectivity index (χ2v) is 9.32. The summed E-state index contributed by atoms with van der Waals surface area (Å²) in [6, 6.07) is 14.8. The van der Waals surface area contributed by atoms with E-state index in [1.807, 2.05) is 51.1 Å². The van der Waals surface area contributed by atoms with E-state index in [2.05, 4.69) is 17.4 Å². The molecule has 2 aromatic carbocycles. The minimum atomic E-state index is -3.62. The van der Waals surface area contributed by atoms with Gasteiger partial charge in [0.05, 0.1) is 11.9 Å². The van der Waals surface area contributed by atoms with E-state index in [-0.39, 0.29) is 11.9 Å². The Morgan fingerprint density at radius 2 is 1.71 bits per heavy atom. The first-order chi connectivity index (χ1) is 13.1. The number of carbonyl (C=O) groups excluding carboxylic acids is 1. The van der Waals surface area contributed by atoms with Crippen molar-refractivity contribution in [1.29, 1.82) is 0 Å². The molecular weight excluding hydrogens is 372 g/mol. The molecule has 0 fully saturated rings. The first-order valence-corrected chi connectivity index (χ1v) is 11.4. The number of amides is 1. The van der Waals surface area contributed by atoms with Gasteiger partial charge in [0.1, 0.15) is 6.04 Å². The largest absolute Gasteiger partial charge is 0.352 e. The summed E-state index contributed by atoms with van der Waals surface area (Å²) in [7, 11) is -3.62. The Hall–Kier alpha value is -2.34. The summed E-state index contributed by atoms with van der Waals surface area (Å²) in [4.78, 5) is 12.8. The van der Waals surface area contributed by atoms with Crippen LogP contribution in [0.4, 0.5) is 5.69 Å². The Kier molecular flexibility index (Phi) is 7.24. The molecule has 28 heavy (non-hydrogen) atoms. The number of benzene rings is 2. The zero-order chi connectivity index (χ0) is 20.9. The van der Waals surface area contributed by atoms with Crippen LogP contribution >= 0.6 is 0 Å². The monoisotopic (exact) mass is 402 g/mol.